The average Bonchev–Trinajstić information content (AvgIpc) is 3.19. The van der Waals surface area contributed by atoms with Crippen LogP contribution in [0, 0.1) is 0 Å². The summed E-state index contributed by atoms with van der Waals surface area (Å²) in [6.45, 7) is 4.90. The first-order valence-corrected chi connectivity index (χ1v) is 12.0. The zero-order valence-corrected chi connectivity index (χ0v) is 19.9. The molecule has 7 heteroatoms. The Bertz CT molecular complexity index is 1530. The normalized spacial score (nSPS) is 11.6. The minimum atomic E-state index is -0.0415. The Morgan fingerprint density at radius 3 is 2.26 bits per heavy atom. The van der Waals surface area contributed by atoms with Gasteiger partial charge in [-0.25, -0.2) is 15.0 Å². The Hall–Kier alpha value is -3.74. The van der Waals surface area contributed by atoms with Gasteiger partial charge in [0.25, 0.3) is 5.56 Å². The third-order valence-electron chi connectivity index (χ3n) is 6.32. The summed E-state index contributed by atoms with van der Waals surface area (Å²) < 4.78 is 9.13. The molecule has 0 bridgehead atoms. The number of unbranched alkanes of at least 4 members (excludes halogenated alkanes) is 3. The van der Waals surface area contributed by atoms with Crippen LogP contribution in [0.4, 0.5) is 0 Å². The molecule has 0 amide bonds. The molecule has 2 aromatic carbocycles. The van der Waals surface area contributed by atoms with Gasteiger partial charge in [-0.1, -0.05) is 45.2 Å². The van der Waals surface area contributed by atoms with Crippen molar-refractivity contribution >= 4 is 33.2 Å². The second-order valence-electron chi connectivity index (χ2n) is 8.52. The summed E-state index contributed by atoms with van der Waals surface area (Å²) in [7, 11) is 1.64. The topological polar surface area (TPSA) is 74.8 Å². The summed E-state index contributed by atoms with van der Waals surface area (Å²) in [6.07, 6.45) is 5.05. The highest BCUT2D eigenvalue weighted by atomic mass is 16.5. The van der Waals surface area contributed by atoms with Gasteiger partial charge in [0.1, 0.15) is 22.5 Å². The first kappa shape index (κ1) is 22.1. The Balaban J connectivity index is 1.83. The van der Waals surface area contributed by atoms with Gasteiger partial charge in [0.05, 0.1) is 18.1 Å². The molecule has 0 fully saturated rings. The molecule has 0 atom stereocenters. The van der Waals surface area contributed by atoms with Crippen LogP contribution < -0.4 is 10.3 Å². The number of aromatic nitrogens is 5. The maximum absolute atomic E-state index is 13.9. The standard InChI is InChI=1S/C27H29N5O2/c1-4-6-7-10-17-31-22(5-2)30-25-23(27(31)33)24-26(29-21-12-9-8-11-20(21)28-24)32(25)18-13-15-19(34-3)16-14-18/h8-9,11-16H,4-7,10,17H2,1-3H3. The maximum Gasteiger partial charge on any atom is 0.265 e. The van der Waals surface area contributed by atoms with E-state index >= 15 is 0 Å². The van der Waals surface area contributed by atoms with Crippen molar-refractivity contribution in [3.05, 3.63) is 64.7 Å². The molecule has 0 saturated carbocycles. The van der Waals surface area contributed by atoms with Gasteiger partial charge in [-0.15, -0.1) is 0 Å². The Morgan fingerprint density at radius 1 is 0.853 bits per heavy atom. The largest absolute Gasteiger partial charge is 0.497 e. The molecule has 3 aromatic heterocycles. The third-order valence-corrected chi connectivity index (χ3v) is 6.32. The van der Waals surface area contributed by atoms with Gasteiger partial charge in [0, 0.05) is 18.7 Å². The number of nitrogens with zero attached hydrogens (tertiary/aromatic N) is 5. The molecular weight excluding hydrogens is 426 g/mol. The van der Waals surface area contributed by atoms with E-state index in [0.29, 0.717) is 35.2 Å². The first-order valence-electron chi connectivity index (χ1n) is 12.0. The number of para-hydroxylation sites is 2. The van der Waals surface area contributed by atoms with Crippen LogP contribution in [-0.2, 0) is 13.0 Å². The van der Waals surface area contributed by atoms with Gasteiger partial charge < -0.3 is 4.74 Å². The molecule has 0 saturated heterocycles. The average molecular weight is 456 g/mol. The van der Waals surface area contributed by atoms with Crippen LogP contribution in [0.1, 0.15) is 45.4 Å². The van der Waals surface area contributed by atoms with Gasteiger partial charge in [0.15, 0.2) is 11.3 Å². The van der Waals surface area contributed by atoms with Crippen molar-refractivity contribution in [1.29, 1.82) is 0 Å². The van der Waals surface area contributed by atoms with Gasteiger partial charge >= 0.3 is 0 Å². The molecule has 0 aliphatic heterocycles. The van der Waals surface area contributed by atoms with Crippen LogP contribution >= 0.6 is 0 Å². The number of ether oxygens (including phenoxy) is 1. The molecule has 3 heterocycles. The van der Waals surface area contributed by atoms with Crippen LogP contribution in [0.3, 0.4) is 0 Å². The van der Waals surface area contributed by atoms with Crippen LogP contribution in [0.2, 0.25) is 0 Å². The van der Waals surface area contributed by atoms with Crippen molar-refractivity contribution in [2.75, 3.05) is 7.11 Å². The Morgan fingerprint density at radius 2 is 1.59 bits per heavy atom. The van der Waals surface area contributed by atoms with E-state index in [9.17, 15) is 4.79 Å². The van der Waals surface area contributed by atoms with Crippen molar-refractivity contribution in [2.24, 2.45) is 0 Å². The summed E-state index contributed by atoms with van der Waals surface area (Å²) in [5, 5.41) is 0.525. The zero-order chi connectivity index (χ0) is 23.7. The fourth-order valence-corrected chi connectivity index (χ4v) is 4.54. The Kier molecular flexibility index (Phi) is 6.01. The molecular formula is C27H29N5O2. The molecule has 7 nitrogen and oxygen atoms in total. The van der Waals surface area contributed by atoms with Crippen molar-refractivity contribution in [3.8, 4) is 11.4 Å². The molecule has 174 valence electrons. The van der Waals surface area contributed by atoms with Gasteiger partial charge in [-0.05, 0) is 42.8 Å². The fraction of sp³-hybridized carbons (Fsp3) is 0.333. The van der Waals surface area contributed by atoms with Gasteiger partial charge in [-0.3, -0.25) is 13.9 Å². The molecule has 34 heavy (non-hydrogen) atoms. The van der Waals surface area contributed by atoms with E-state index in [-0.39, 0.29) is 5.56 Å². The lowest BCUT2D eigenvalue weighted by molar-refractivity contribution is 0.415. The van der Waals surface area contributed by atoms with E-state index in [1.54, 1.807) is 7.11 Å². The molecule has 0 unspecified atom stereocenters. The second kappa shape index (κ2) is 9.25. The molecule has 5 rings (SSSR count). The van der Waals surface area contributed by atoms with E-state index in [2.05, 4.69) is 6.92 Å². The lowest BCUT2D eigenvalue weighted by Crippen LogP contribution is -2.25. The quantitative estimate of drug-likeness (QED) is 0.292. The number of hydrogen-bond acceptors (Lipinski definition) is 5. The first-order chi connectivity index (χ1) is 16.7. The smallest absolute Gasteiger partial charge is 0.265 e. The monoisotopic (exact) mass is 455 g/mol. The highest BCUT2D eigenvalue weighted by Crippen LogP contribution is 2.29. The number of rotatable bonds is 8. The molecule has 0 aliphatic carbocycles. The predicted octanol–water partition coefficient (Wildman–Crippen LogP) is 5.43. The molecule has 5 aromatic rings. The fourth-order valence-electron chi connectivity index (χ4n) is 4.54. The SMILES string of the molecule is CCCCCCn1c(CC)nc2c(c1=O)c1nc3ccccc3nc1n2-c1ccc(OC)cc1. The minimum Gasteiger partial charge on any atom is -0.497 e. The third kappa shape index (κ3) is 3.71. The van der Waals surface area contributed by atoms with Gasteiger partial charge in [-0.2, -0.15) is 0 Å². The second-order valence-corrected chi connectivity index (χ2v) is 8.52. The van der Waals surface area contributed by atoms with Crippen LogP contribution in [0.25, 0.3) is 38.9 Å². The summed E-state index contributed by atoms with van der Waals surface area (Å²) in [5.74, 6) is 1.55. The lowest BCUT2D eigenvalue weighted by atomic mass is 10.2. The highest BCUT2D eigenvalue weighted by Gasteiger charge is 2.22. The summed E-state index contributed by atoms with van der Waals surface area (Å²) >= 11 is 0. The van der Waals surface area contributed by atoms with Crippen molar-refractivity contribution in [3.63, 3.8) is 0 Å². The number of benzene rings is 2. The number of aryl methyl sites for hydroxylation is 1. The Labute approximate surface area is 198 Å². The number of fused-ring (bicyclic) bond motifs is 4. The predicted molar refractivity (Wildman–Crippen MR) is 136 cm³/mol. The minimum absolute atomic E-state index is 0.0415. The van der Waals surface area contributed by atoms with E-state index in [1.807, 2.05) is 64.6 Å². The number of hydrogen-bond donors (Lipinski definition) is 0. The summed E-state index contributed by atoms with van der Waals surface area (Å²) in [6, 6.07) is 15.5. The molecule has 0 aliphatic rings. The van der Waals surface area contributed by atoms with Crippen LogP contribution in [-0.4, -0.2) is 31.2 Å². The number of methoxy groups -OCH3 is 1. The summed E-state index contributed by atoms with van der Waals surface area (Å²) in [4.78, 5) is 28.7. The van der Waals surface area contributed by atoms with Crippen LogP contribution in [0.15, 0.2) is 53.3 Å². The van der Waals surface area contributed by atoms with Crippen molar-refractivity contribution in [1.82, 2.24) is 24.1 Å². The zero-order valence-electron chi connectivity index (χ0n) is 19.9. The molecule has 0 N–H and O–H groups in total. The molecule has 0 spiro atoms. The van der Waals surface area contributed by atoms with Gasteiger partial charge in [0.2, 0.25) is 0 Å². The molecule has 0 radical (unpaired) electrons. The summed E-state index contributed by atoms with van der Waals surface area (Å²) in [5.41, 5.74) is 4.18. The maximum atomic E-state index is 13.9. The van der Waals surface area contributed by atoms with Crippen molar-refractivity contribution in [2.45, 2.75) is 52.5 Å². The van der Waals surface area contributed by atoms with E-state index in [0.717, 1.165) is 47.6 Å². The van der Waals surface area contributed by atoms with E-state index in [1.165, 1.54) is 6.42 Å². The van der Waals surface area contributed by atoms with E-state index in [4.69, 9.17) is 19.7 Å². The lowest BCUT2D eigenvalue weighted by Gasteiger charge is -2.12. The van der Waals surface area contributed by atoms with E-state index < -0.39 is 0 Å². The van der Waals surface area contributed by atoms with Crippen LogP contribution in [0.5, 0.6) is 5.75 Å². The van der Waals surface area contributed by atoms with Crippen molar-refractivity contribution < 1.29 is 4.74 Å². The highest BCUT2D eigenvalue weighted by molar-refractivity contribution is 6.05.